The van der Waals surface area contributed by atoms with E-state index in [9.17, 15) is 4.39 Å². The van der Waals surface area contributed by atoms with Gasteiger partial charge in [-0.1, -0.05) is 39.8 Å². The Labute approximate surface area is 129 Å². The molecular formula is C16H18ClFN2O. The molecule has 0 bridgehead atoms. The van der Waals surface area contributed by atoms with Gasteiger partial charge in [0, 0.05) is 5.56 Å². The molecule has 0 radical (unpaired) electrons. The largest absolute Gasteiger partial charge is 0.436 e. The van der Waals surface area contributed by atoms with E-state index in [4.69, 9.17) is 16.3 Å². The second-order valence-corrected chi connectivity index (χ2v) is 6.17. The number of nitrogens with zero attached hydrogens (tertiary/aromatic N) is 2. The van der Waals surface area contributed by atoms with E-state index in [2.05, 4.69) is 43.7 Å². The Balaban J connectivity index is 2.46. The lowest BCUT2D eigenvalue weighted by atomic mass is 9.85. The Hall–Kier alpha value is -1.68. The highest BCUT2D eigenvalue weighted by molar-refractivity contribution is 6.28. The highest BCUT2D eigenvalue weighted by Crippen LogP contribution is 2.35. The molecule has 0 fully saturated rings. The number of aryl methyl sites for hydroxylation is 1. The molecular weight excluding hydrogens is 291 g/mol. The molecule has 0 amide bonds. The molecule has 1 heterocycles. The van der Waals surface area contributed by atoms with Crippen molar-refractivity contribution in [2.45, 2.75) is 39.5 Å². The van der Waals surface area contributed by atoms with Gasteiger partial charge in [-0.15, -0.1) is 0 Å². The van der Waals surface area contributed by atoms with Gasteiger partial charge in [-0.3, -0.25) is 0 Å². The number of benzene rings is 1. The molecule has 0 saturated carbocycles. The van der Waals surface area contributed by atoms with Crippen molar-refractivity contribution < 1.29 is 9.13 Å². The molecule has 1 aromatic carbocycles. The number of aromatic nitrogens is 2. The van der Waals surface area contributed by atoms with Crippen molar-refractivity contribution in [1.29, 1.82) is 0 Å². The summed E-state index contributed by atoms with van der Waals surface area (Å²) in [5.41, 5.74) is 2.07. The van der Waals surface area contributed by atoms with Gasteiger partial charge in [0.05, 0.1) is 6.20 Å². The van der Waals surface area contributed by atoms with Crippen LogP contribution in [-0.4, -0.2) is 9.97 Å². The first-order chi connectivity index (χ1) is 9.81. The first-order valence-electron chi connectivity index (χ1n) is 6.80. The van der Waals surface area contributed by atoms with Gasteiger partial charge in [-0.2, -0.15) is 9.37 Å². The standard InChI is InChI=1S/C16H18ClFN2O/c1-5-10-6-7-13(11(8-10)16(2,3)4)21-14-12(18)9-19-15(17)20-14/h6-9H,5H2,1-4H3. The minimum Gasteiger partial charge on any atom is -0.436 e. The van der Waals surface area contributed by atoms with E-state index in [1.165, 1.54) is 5.56 Å². The van der Waals surface area contributed by atoms with Gasteiger partial charge in [-0.05, 0) is 35.1 Å². The highest BCUT2D eigenvalue weighted by Gasteiger charge is 2.21. The first-order valence-corrected chi connectivity index (χ1v) is 7.18. The molecule has 0 unspecified atom stereocenters. The van der Waals surface area contributed by atoms with E-state index < -0.39 is 5.82 Å². The molecule has 21 heavy (non-hydrogen) atoms. The summed E-state index contributed by atoms with van der Waals surface area (Å²) in [4.78, 5) is 7.37. The van der Waals surface area contributed by atoms with Crippen LogP contribution in [-0.2, 0) is 11.8 Å². The summed E-state index contributed by atoms with van der Waals surface area (Å²) in [7, 11) is 0. The summed E-state index contributed by atoms with van der Waals surface area (Å²) < 4.78 is 19.4. The second-order valence-electron chi connectivity index (χ2n) is 5.83. The molecule has 3 nitrogen and oxygen atoms in total. The normalized spacial score (nSPS) is 11.5. The van der Waals surface area contributed by atoms with Crippen molar-refractivity contribution in [3.05, 3.63) is 46.6 Å². The molecule has 0 aliphatic rings. The third kappa shape index (κ3) is 3.70. The van der Waals surface area contributed by atoms with Crippen LogP contribution >= 0.6 is 11.6 Å². The third-order valence-electron chi connectivity index (χ3n) is 3.15. The number of ether oxygens (including phenoxy) is 1. The molecule has 2 rings (SSSR count). The molecule has 2 aromatic rings. The molecule has 0 aliphatic heterocycles. The molecule has 0 aliphatic carbocycles. The van der Waals surface area contributed by atoms with E-state index in [0.717, 1.165) is 18.2 Å². The zero-order valence-corrected chi connectivity index (χ0v) is 13.3. The topological polar surface area (TPSA) is 35.0 Å². The fourth-order valence-corrected chi connectivity index (χ4v) is 2.10. The van der Waals surface area contributed by atoms with E-state index in [1.807, 2.05) is 12.1 Å². The van der Waals surface area contributed by atoms with Crippen LogP contribution in [0.4, 0.5) is 4.39 Å². The van der Waals surface area contributed by atoms with Gasteiger partial charge in [0.25, 0.3) is 5.88 Å². The zero-order chi connectivity index (χ0) is 15.6. The Bertz CT molecular complexity index is 653. The van der Waals surface area contributed by atoms with E-state index in [-0.39, 0.29) is 16.6 Å². The smallest absolute Gasteiger partial charge is 0.260 e. The number of halogens is 2. The maximum atomic E-state index is 13.7. The highest BCUT2D eigenvalue weighted by atomic mass is 35.5. The summed E-state index contributed by atoms with van der Waals surface area (Å²) in [6.07, 6.45) is 1.93. The van der Waals surface area contributed by atoms with Gasteiger partial charge in [0.15, 0.2) is 0 Å². The van der Waals surface area contributed by atoms with E-state index in [1.54, 1.807) is 0 Å². The van der Waals surface area contributed by atoms with Crippen molar-refractivity contribution in [1.82, 2.24) is 9.97 Å². The molecule has 0 saturated heterocycles. The third-order valence-corrected chi connectivity index (χ3v) is 3.33. The predicted molar refractivity (Wildman–Crippen MR) is 81.6 cm³/mol. The van der Waals surface area contributed by atoms with Crippen LogP contribution in [0.1, 0.15) is 38.8 Å². The Kier molecular flexibility index (Phi) is 4.47. The molecule has 0 spiro atoms. The molecule has 1 aromatic heterocycles. The van der Waals surface area contributed by atoms with Crippen LogP contribution < -0.4 is 4.74 Å². The van der Waals surface area contributed by atoms with Gasteiger partial charge in [0.2, 0.25) is 11.1 Å². The quantitative estimate of drug-likeness (QED) is 0.755. The van der Waals surface area contributed by atoms with Crippen LogP contribution in [0.15, 0.2) is 24.4 Å². The van der Waals surface area contributed by atoms with Crippen molar-refractivity contribution in [3.63, 3.8) is 0 Å². The second kappa shape index (κ2) is 5.98. The van der Waals surface area contributed by atoms with Crippen LogP contribution in [0.5, 0.6) is 11.6 Å². The first kappa shape index (κ1) is 15.7. The SMILES string of the molecule is CCc1ccc(Oc2nc(Cl)ncc2F)c(C(C)(C)C)c1. The Morgan fingerprint density at radius 2 is 2.00 bits per heavy atom. The number of hydrogen-bond donors (Lipinski definition) is 0. The summed E-state index contributed by atoms with van der Waals surface area (Å²) >= 11 is 5.69. The van der Waals surface area contributed by atoms with E-state index >= 15 is 0 Å². The summed E-state index contributed by atoms with van der Waals surface area (Å²) in [5, 5.41) is -0.0473. The fraction of sp³-hybridized carbons (Fsp3) is 0.375. The minimum absolute atomic E-state index is 0.0473. The van der Waals surface area contributed by atoms with Crippen molar-refractivity contribution in [3.8, 4) is 11.6 Å². The number of hydrogen-bond acceptors (Lipinski definition) is 3. The maximum absolute atomic E-state index is 13.7. The predicted octanol–water partition coefficient (Wildman–Crippen LogP) is 4.92. The average molecular weight is 309 g/mol. The fourth-order valence-electron chi connectivity index (χ4n) is 1.98. The van der Waals surface area contributed by atoms with Crippen molar-refractivity contribution in [2.75, 3.05) is 0 Å². The maximum Gasteiger partial charge on any atom is 0.260 e. The van der Waals surface area contributed by atoms with E-state index in [0.29, 0.717) is 5.75 Å². The Morgan fingerprint density at radius 1 is 1.29 bits per heavy atom. The zero-order valence-electron chi connectivity index (χ0n) is 12.6. The Morgan fingerprint density at radius 3 is 2.62 bits per heavy atom. The summed E-state index contributed by atoms with van der Waals surface area (Å²) in [6, 6.07) is 5.89. The van der Waals surface area contributed by atoms with Crippen molar-refractivity contribution in [2.24, 2.45) is 0 Å². The van der Waals surface area contributed by atoms with Crippen LogP contribution in [0.25, 0.3) is 0 Å². The summed E-state index contributed by atoms with van der Waals surface area (Å²) in [5.74, 6) is -0.225. The lowest BCUT2D eigenvalue weighted by Gasteiger charge is -2.23. The van der Waals surface area contributed by atoms with Crippen LogP contribution in [0.2, 0.25) is 5.28 Å². The van der Waals surface area contributed by atoms with Gasteiger partial charge in [0.1, 0.15) is 5.75 Å². The van der Waals surface area contributed by atoms with Crippen LogP contribution in [0, 0.1) is 5.82 Å². The van der Waals surface area contributed by atoms with Crippen molar-refractivity contribution >= 4 is 11.6 Å². The molecule has 0 atom stereocenters. The van der Waals surface area contributed by atoms with Gasteiger partial charge < -0.3 is 4.74 Å². The molecule has 5 heteroatoms. The average Bonchev–Trinajstić information content (AvgIpc) is 2.42. The van der Waals surface area contributed by atoms with Gasteiger partial charge in [-0.25, -0.2) is 4.98 Å². The van der Waals surface area contributed by atoms with Crippen LogP contribution in [0.3, 0.4) is 0 Å². The summed E-state index contributed by atoms with van der Waals surface area (Å²) in [6.45, 7) is 8.33. The monoisotopic (exact) mass is 308 g/mol. The lowest BCUT2D eigenvalue weighted by molar-refractivity contribution is 0.405. The van der Waals surface area contributed by atoms with Gasteiger partial charge >= 0.3 is 0 Å². The molecule has 0 N–H and O–H groups in total. The number of rotatable bonds is 3. The molecule has 112 valence electrons. The lowest BCUT2D eigenvalue weighted by Crippen LogP contribution is -2.13. The minimum atomic E-state index is -0.640.